The van der Waals surface area contributed by atoms with Crippen molar-refractivity contribution in [1.82, 2.24) is 24.8 Å². The maximum absolute atomic E-state index is 13.5. The molecule has 5 rings (SSSR count). The normalized spacial score (nSPS) is 16.6. The number of nitrogens with zero attached hydrogens (tertiary/aromatic N) is 3. The summed E-state index contributed by atoms with van der Waals surface area (Å²) in [5.41, 5.74) is 2.77. The van der Waals surface area contributed by atoms with Gasteiger partial charge in [0.15, 0.2) is 0 Å². The molecule has 1 unspecified atom stereocenters. The lowest BCUT2D eigenvalue weighted by Gasteiger charge is -2.23. The second-order valence-electron chi connectivity index (χ2n) is 7.56. The van der Waals surface area contributed by atoms with Crippen molar-refractivity contribution >= 4 is 28.0 Å². The van der Waals surface area contributed by atoms with Crippen LogP contribution in [-0.4, -0.2) is 37.3 Å². The van der Waals surface area contributed by atoms with Gasteiger partial charge in [0.2, 0.25) is 5.91 Å². The zero-order chi connectivity index (χ0) is 20.7. The Morgan fingerprint density at radius 3 is 2.83 bits per heavy atom. The summed E-state index contributed by atoms with van der Waals surface area (Å²) in [6.45, 7) is 0.635. The van der Waals surface area contributed by atoms with E-state index in [2.05, 4.69) is 19.9 Å². The summed E-state index contributed by atoms with van der Waals surface area (Å²) in [6.07, 6.45) is 2.13. The number of rotatable bonds is 4. The maximum Gasteiger partial charge on any atom is 0.270 e. The van der Waals surface area contributed by atoms with Crippen LogP contribution in [0.3, 0.4) is 0 Å². The first-order valence-corrected chi connectivity index (χ1v) is 10.0. The molecule has 30 heavy (non-hydrogen) atoms. The molecule has 0 saturated carbocycles. The van der Waals surface area contributed by atoms with Crippen LogP contribution in [0.4, 0.5) is 4.39 Å². The van der Waals surface area contributed by atoms with Gasteiger partial charge in [-0.2, -0.15) is 0 Å². The molecule has 0 spiro atoms. The minimum Gasteiger partial charge on any atom is -0.340 e. The van der Waals surface area contributed by atoms with E-state index in [1.165, 1.54) is 12.1 Å². The summed E-state index contributed by atoms with van der Waals surface area (Å²) >= 11 is 0. The van der Waals surface area contributed by atoms with Gasteiger partial charge in [-0.25, -0.2) is 14.4 Å². The number of hydrogen-bond acceptors (Lipinski definition) is 4. The largest absolute Gasteiger partial charge is 0.340 e. The Bertz CT molecular complexity index is 1310. The average molecular weight is 405 g/mol. The number of halogens is 1. The zero-order valence-corrected chi connectivity index (χ0v) is 16.2. The fraction of sp³-hybridized carbons (Fsp3) is 0.273. The van der Waals surface area contributed by atoms with Gasteiger partial charge >= 0.3 is 0 Å². The molecule has 2 aromatic carbocycles. The minimum atomic E-state index is -0.329. The minimum absolute atomic E-state index is 0.0431. The quantitative estimate of drug-likeness (QED) is 0.545. The predicted molar refractivity (Wildman–Crippen MR) is 110 cm³/mol. The lowest BCUT2D eigenvalue weighted by atomic mass is 10.1. The van der Waals surface area contributed by atoms with Crippen LogP contribution in [0.25, 0.3) is 22.1 Å². The topological polar surface area (TPSA) is 94.7 Å². The van der Waals surface area contributed by atoms with Crippen molar-refractivity contribution in [3.63, 3.8) is 0 Å². The summed E-state index contributed by atoms with van der Waals surface area (Å²) in [5, 5.41) is 0. The van der Waals surface area contributed by atoms with Gasteiger partial charge in [-0.3, -0.25) is 9.59 Å². The molecular formula is C22H20FN5O2. The van der Waals surface area contributed by atoms with Crippen LogP contribution in [0.5, 0.6) is 0 Å². The van der Waals surface area contributed by atoms with E-state index in [0.29, 0.717) is 40.1 Å². The molecule has 1 amide bonds. The third-order valence-corrected chi connectivity index (χ3v) is 5.60. The molecular weight excluding hydrogens is 385 g/mol. The van der Waals surface area contributed by atoms with E-state index >= 15 is 0 Å². The maximum atomic E-state index is 13.5. The van der Waals surface area contributed by atoms with Crippen LogP contribution in [0.1, 0.15) is 36.8 Å². The second kappa shape index (κ2) is 7.37. The first-order chi connectivity index (χ1) is 14.6. The van der Waals surface area contributed by atoms with E-state index in [4.69, 9.17) is 0 Å². The van der Waals surface area contributed by atoms with Crippen molar-refractivity contribution < 1.29 is 9.18 Å². The van der Waals surface area contributed by atoms with Crippen LogP contribution in [0.2, 0.25) is 0 Å². The predicted octanol–water partition coefficient (Wildman–Crippen LogP) is 3.23. The van der Waals surface area contributed by atoms with Gasteiger partial charge in [0.05, 0.1) is 28.1 Å². The van der Waals surface area contributed by atoms with Crippen LogP contribution in [-0.2, 0) is 11.2 Å². The highest BCUT2D eigenvalue weighted by atomic mass is 19.1. The Balaban J connectivity index is 1.34. The third-order valence-electron chi connectivity index (χ3n) is 5.60. The highest BCUT2D eigenvalue weighted by Crippen LogP contribution is 2.32. The molecule has 8 heteroatoms. The van der Waals surface area contributed by atoms with Crippen LogP contribution >= 0.6 is 0 Å². The number of carbonyl (C=O) groups excluding carboxylic acids is 1. The van der Waals surface area contributed by atoms with Crippen molar-refractivity contribution in [2.24, 2.45) is 0 Å². The second-order valence-corrected chi connectivity index (χ2v) is 7.56. The van der Waals surface area contributed by atoms with Crippen molar-refractivity contribution in [3.8, 4) is 0 Å². The molecule has 7 nitrogen and oxygen atoms in total. The number of para-hydroxylation sites is 2. The summed E-state index contributed by atoms with van der Waals surface area (Å²) in [5.74, 6) is 0.298. The van der Waals surface area contributed by atoms with Gasteiger partial charge in [0, 0.05) is 19.4 Å². The number of aromatic nitrogens is 4. The molecule has 1 aliphatic rings. The number of amides is 1. The van der Waals surface area contributed by atoms with Gasteiger partial charge in [-0.05, 0) is 43.2 Å². The Kier molecular flexibility index (Phi) is 4.54. The Morgan fingerprint density at radius 1 is 1.10 bits per heavy atom. The Hall–Kier alpha value is -3.55. The summed E-state index contributed by atoms with van der Waals surface area (Å²) in [7, 11) is 0. The number of hydrogen-bond donors (Lipinski definition) is 2. The average Bonchev–Trinajstić information content (AvgIpc) is 3.38. The molecule has 2 aromatic heterocycles. The van der Waals surface area contributed by atoms with Gasteiger partial charge in [-0.15, -0.1) is 0 Å². The number of aromatic amines is 2. The van der Waals surface area contributed by atoms with Gasteiger partial charge in [0.1, 0.15) is 17.3 Å². The Morgan fingerprint density at radius 2 is 1.93 bits per heavy atom. The summed E-state index contributed by atoms with van der Waals surface area (Å²) in [4.78, 5) is 42.0. The SMILES string of the molecule is O=C(CCc1nc2ccccc2[nH]c1=O)N1CCCC1c1nc2ccc(F)cc2[nH]1. The van der Waals surface area contributed by atoms with E-state index in [0.717, 1.165) is 12.8 Å². The molecule has 1 aliphatic heterocycles. The van der Waals surface area contributed by atoms with Crippen LogP contribution in [0.15, 0.2) is 47.3 Å². The van der Waals surface area contributed by atoms with E-state index < -0.39 is 0 Å². The molecule has 0 radical (unpaired) electrons. The third kappa shape index (κ3) is 3.34. The van der Waals surface area contributed by atoms with E-state index in [1.54, 1.807) is 17.0 Å². The standard InChI is InChI=1S/C22H20FN5O2/c23-13-7-8-16-18(12-13)26-21(25-16)19-6-3-11-28(19)20(29)10-9-17-22(30)27-15-5-2-1-4-14(15)24-17/h1-2,4-5,7-8,12,19H,3,6,9-11H2,(H,25,26)(H,27,30). The number of H-pyrrole nitrogens is 2. The first-order valence-electron chi connectivity index (χ1n) is 10.0. The number of nitrogens with one attached hydrogen (secondary N) is 2. The molecule has 2 N–H and O–H groups in total. The summed E-state index contributed by atoms with van der Waals surface area (Å²) < 4.78 is 13.5. The summed E-state index contributed by atoms with van der Waals surface area (Å²) in [6, 6.07) is 11.6. The monoisotopic (exact) mass is 405 g/mol. The molecule has 0 aliphatic carbocycles. The lowest BCUT2D eigenvalue weighted by molar-refractivity contribution is -0.132. The van der Waals surface area contributed by atoms with E-state index in [1.807, 2.05) is 18.2 Å². The van der Waals surface area contributed by atoms with Crippen molar-refractivity contribution in [2.45, 2.75) is 31.7 Å². The molecule has 0 bridgehead atoms. The molecule has 152 valence electrons. The fourth-order valence-corrected chi connectivity index (χ4v) is 4.11. The van der Waals surface area contributed by atoms with E-state index in [9.17, 15) is 14.0 Å². The fourth-order valence-electron chi connectivity index (χ4n) is 4.11. The number of fused-ring (bicyclic) bond motifs is 2. The molecule has 1 atom stereocenters. The highest BCUT2D eigenvalue weighted by Gasteiger charge is 2.32. The number of imidazole rings is 1. The van der Waals surface area contributed by atoms with Crippen molar-refractivity contribution in [3.05, 3.63) is 70.2 Å². The molecule has 1 fully saturated rings. The Labute approximate surface area is 171 Å². The number of likely N-dealkylation sites (tertiary alicyclic amines) is 1. The number of benzene rings is 2. The molecule has 1 saturated heterocycles. The number of carbonyl (C=O) groups is 1. The highest BCUT2D eigenvalue weighted by molar-refractivity contribution is 5.78. The van der Waals surface area contributed by atoms with Crippen molar-refractivity contribution in [1.29, 1.82) is 0 Å². The van der Waals surface area contributed by atoms with Gasteiger partial charge in [0.25, 0.3) is 5.56 Å². The van der Waals surface area contributed by atoms with Crippen molar-refractivity contribution in [2.75, 3.05) is 6.54 Å². The first kappa shape index (κ1) is 18.5. The smallest absolute Gasteiger partial charge is 0.270 e. The molecule has 4 aromatic rings. The van der Waals surface area contributed by atoms with Crippen LogP contribution in [0, 0.1) is 5.82 Å². The van der Waals surface area contributed by atoms with Crippen LogP contribution < -0.4 is 5.56 Å². The number of aryl methyl sites for hydroxylation is 1. The van der Waals surface area contributed by atoms with E-state index in [-0.39, 0.29) is 36.2 Å². The van der Waals surface area contributed by atoms with Gasteiger partial charge in [-0.1, -0.05) is 12.1 Å². The molecule has 3 heterocycles. The lowest BCUT2D eigenvalue weighted by Crippen LogP contribution is -2.31. The zero-order valence-electron chi connectivity index (χ0n) is 16.2. The van der Waals surface area contributed by atoms with Gasteiger partial charge < -0.3 is 14.9 Å².